The quantitative estimate of drug-likeness (QED) is 0.642. The highest BCUT2D eigenvalue weighted by molar-refractivity contribution is 7.89. The first-order valence-corrected chi connectivity index (χ1v) is 7.78. The van der Waals surface area contributed by atoms with Crippen molar-refractivity contribution in [3.8, 4) is 0 Å². The molecule has 1 aromatic carbocycles. The number of hydrogen-bond acceptors (Lipinski definition) is 5. The summed E-state index contributed by atoms with van der Waals surface area (Å²) in [6.45, 7) is 1.38. The molecule has 0 spiro atoms. The van der Waals surface area contributed by atoms with Gasteiger partial charge in [-0.1, -0.05) is 0 Å². The molecule has 0 aliphatic rings. The Kier molecular flexibility index (Phi) is 4.84. The topological polar surface area (TPSA) is 101 Å². The Morgan fingerprint density at radius 1 is 1.14 bits per heavy atom. The predicted octanol–water partition coefficient (Wildman–Crippen LogP) is 1.35. The SMILES string of the molecule is CC(=O)Nc1ccc(S(=O)(=O)N/N=C/c2ccncc2)cc1. The van der Waals surface area contributed by atoms with Gasteiger partial charge in [0.15, 0.2) is 0 Å². The maximum absolute atomic E-state index is 12.0. The summed E-state index contributed by atoms with van der Waals surface area (Å²) in [5.74, 6) is -0.226. The molecule has 2 N–H and O–H groups in total. The van der Waals surface area contributed by atoms with Gasteiger partial charge in [-0.25, -0.2) is 4.83 Å². The number of sulfonamides is 1. The molecule has 22 heavy (non-hydrogen) atoms. The van der Waals surface area contributed by atoms with Crippen molar-refractivity contribution in [3.05, 3.63) is 54.4 Å². The van der Waals surface area contributed by atoms with E-state index in [4.69, 9.17) is 0 Å². The van der Waals surface area contributed by atoms with Crippen molar-refractivity contribution in [3.63, 3.8) is 0 Å². The zero-order valence-corrected chi connectivity index (χ0v) is 12.5. The lowest BCUT2D eigenvalue weighted by atomic mass is 10.3. The van der Waals surface area contributed by atoms with Crippen LogP contribution in [0.4, 0.5) is 5.69 Å². The van der Waals surface area contributed by atoms with E-state index in [2.05, 4.69) is 20.2 Å². The number of amides is 1. The van der Waals surface area contributed by atoms with Gasteiger partial charge in [0.25, 0.3) is 10.0 Å². The van der Waals surface area contributed by atoms with Gasteiger partial charge in [-0.2, -0.15) is 13.5 Å². The number of hydrogen-bond donors (Lipinski definition) is 2. The largest absolute Gasteiger partial charge is 0.326 e. The van der Waals surface area contributed by atoms with Crippen molar-refractivity contribution in [2.75, 3.05) is 5.32 Å². The zero-order chi connectivity index (χ0) is 16.0. The smallest absolute Gasteiger partial charge is 0.276 e. The van der Waals surface area contributed by atoms with Crippen LogP contribution in [0.2, 0.25) is 0 Å². The maximum Gasteiger partial charge on any atom is 0.276 e. The van der Waals surface area contributed by atoms with Gasteiger partial charge in [0.2, 0.25) is 5.91 Å². The van der Waals surface area contributed by atoms with Crippen molar-refractivity contribution in [1.82, 2.24) is 9.82 Å². The third-order valence-corrected chi connectivity index (χ3v) is 3.82. The first-order valence-electron chi connectivity index (χ1n) is 6.30. The number of anilines is 1. The summed E-state index contributed by atoms with van der Waals surface area (Å²) in [5, 5.41) is 6.26. The number of rotatable bonds is 5. The van der Waals surface area contributed by atoms with E-state index in [0.29, 0.717) is 5.69 Å². The summed E-state index contributed by atoms with van der Waals surface area (Å²) in [5.41, 5.74) is 1.24. The number of benzene rings is 1. The van der Waals surface area contributed by atoms with Gasteiger partial charge in [-0.05, 0) is 42.0 Å². The van der Waals surface area contributed by atoms with E-state index in [-0.39, 0.29) is 10.8 Å². The van der Waals surface area contributed by atoms with Crippen LogP contribution in [0.1, 0.15) is 12.5 Å². The summed E-state index contributed by atoms with van der Waals surface area (Å²) < 4.78 is 24.1. The normalized spacial score (nSPS) is 11.3. The number of hydrazone groups is 1. The minimum Gasteiger partial charge on any atom is -0.326 e. The monoisotopic (exact) mass is 318 g/mol. The Labute approximate surface area is 128 Å². The average Bonchev–Trinajstić information content (AvgIpc) is 2.48. The molecule has 0 unspecified atom stereocenters. The number of aromatic nitrogens is 1. The predicted molar refractivity (Wildman–Crippen MR) is 82.9 cm³/mol. The number of nitrogens with zero attached hydrogens (tertiary/aromatic N) is 2. The number of carbonyl (C=O) groups is 1. The molecule has 0 aliphatic carbocycles. The fraction of sp³-hybridized carbons (Fsp3) is 0.0714. The van der Waals surface area contributed by atoms with E-state index in [9.17, 15) is 13.2 Å². The molecule has 1 heterocycles. The number of pyridine rings is 1. The summed E-state index contributed by atoms with van der Waals surface area (Å²) >= 11 is 0. The van der Waals surface area contributed by atoms with Gasteiger partial charge in [0.1, 0.15) is 0 Å². The summed E-state index contributed by atoms with van der Waals surface area (Å²) in [4.78, 5) is 16.9. The third-order valence-electron chi connectivity index (χ3n) is 2.58. The Hall–Kier alpha value is -2.74. The Morgan fingerprint density at radius 2 is 1.77 bits per heavy atom. The van der Waals surface area contributed by atoms with Crippen LogP contribution < -0.4 is 10.1 Å². The minimum absolute atomic E-state index is 0.0495. The molecule has 0 fully saturated rings. The lowest BCUT2D eigenvalue weighted by molar-refractivity contribution is -0.114. The van der Waals surface area contributed by atoms with Crippen LogP contribution in [0.3, 0.4) is 0 Å². The van der Waals surface area contributed by atoms with Crippen LogP contribution in [0, 0.1) is 0 Å². The van der Waals surface area contributed by atoms with Crippen LogP contribution >= 0.6 is 0 Å². The number of nitrogens with one attached hydrogen (secondary N) is 2. The van der Waals surface area contributed by atoms with E-state index >= 15 is 0 Å². The van der Waals surface area contributed by atoms with Crippen molar-refractivity contribution in [2.24, 2.45) is 5.10 Å². The molecular formula is C14H14N4O3S. The van der Waals surface area contributed by atoms with Crippen LogP contribution in [-0.2, 0) is 14.8 Å². The van der Waals surface area contributed by atoms with Gasteiger partial charge in [-0.3, -0.25) is 9.78 Å². The van der Waals surface area contributed by atoms with E-state index in [1.165, 1.54) is 37.4 Å². The first-order chi connectivity index (χ1) is 10.5. The summed E-state index contributed by atoms with van der Waals surface area (Å²) in [7, 11) is -3.75. The van der Waals surface area contributed by atoms with Gasteiger partial charge in [-0.15, -0.1) is 0 Å². The molecule has 0 aliphatic heterocycles. The Bertz CT molecular complexity index is 771. The third kappa shape index (κ3) is 4.38. The molecule has 2 rings (SSSR count). The standard InChI is InChI=1S/C14H14N4O3S/c1-11(19)17-13-2-4-14(5-3-13)22(20,21)18-16-10-12-6-8-15-9-7-12/h2-10,18H,1H3,(H,17,19)/b16-10+. The number of carbonyl (C=O) groups excluding carboxylic acids is 1. The van der Waals surface area contributed by atoms with Crippen LogP contribution in [0.15, 0.2) is 58.8 Å². The fourth-order valence-corrected chi connectivity index (χ4v) is 2.38. The highest BCUT2D eigenvalue weighted by Crippen LogP contribution is 2.13. The first kappa shape index (κ1) is 15.6. The molecule has 0 bridgehead atoms. The van der Waals surface area contributed by atoms with Crippen molar-refractivity contribution in [1.29, 1.82) is 0 Å². The molecule has 0 atom stereocenters. The Balaban J connectivity index is 2.07. The Morgan fingerprint density at radius 3 is 2.36 bits per heavy atom. The van der Waals surface area contributed by atoms with E-state index in [1.807, 2.05) is 0 Å². The van der Waals surface area contributed by atoms with Gasteiger partial charge in [0, 0.05) is 25.0 Å². The maximum atomic E-state index is 12.0. The molecule has 0 saturated carbocycles. The van der Waals surface area contributed by atoms with Crippen molar-refractivity contribution in [2.45, 2.75) is 11.8 Å². The molecule has 2 aromatic rings. The zero-order valence-electron chi connectivity index (χ0n) is 11.7. The average molecular weight is 318 g/mol. The molecule has 7 nitrogen and oxygen atoms in total. The van der Waals surface area contributed by atoms with Gasteiger partial charge < -0.3 is 5.32 Å². The second kappa shape index (κ2) is 6.81. The minimum atomic E-state index is -3.75. The molecule has 8 heteroatoms. The molecule has 0 saturated heterocycles. The second-order valence-electron chi connectivity index (χ2n) is 4.34. The van der Waals surface area contributed by atoms with E-state index in [0.717, 1.165) is 5.56 Å². The van der Waals surface area contributed by atoms with E-state index < -0.39 is 10.0 Å². The molecule has 0 radical (unpaired) electrons. The summed E-state index contributed by atoms with van der Waals surface area (Å²) in [6.07, 6.45) is 4.54. The van der Waals surface area contributed by atoms with Gasteiger partial charge >= 0.3 is 0 Å². The molecule has 1 amide bonds. The van der Waals surface area contributed by atoms with Crippen molar-refractivity contribution < 1.29 is 13.2 Å². The second-order valence-corrected chi connectivity index (χ2v) is 6.00. The van der Waals surface area contributed by atoms with Crippen LogP contribution in [0.5, 0.6) is 0 Å². The highest BCUT2D eigenvalue weighted by Gasteiger charge is 2.12. The van der Waals surface area contributed by atoms with Crippen molar-refractivity contribution >= 4 is 27.8 Å². The molecule has 1 aromatic heterocycles. The van der Waals surface area contributed by atoms with Crippen LogP contribution in [-0.4, -0.2) is 25.5 Å². The molecular weight excluding hydrogens is 304 g/mol. The van der Waals surface area contributed by atoms with Crippen LogP contribution in [0.25, 0.3) is 0 Å². The highest BCUT2D eigenvalue weighted by atomic mass is 32.2. The lowest BCUT2D eigenvalue weighted by Crippen LogP contribution is -2.18. The fourth-order valence-electron chi connectivity index (χ4n) is 1.59. The summed E-state index contributed by atoms with van der Waals surface area (Å²) in [6, 6.07) is 9.16. The van der Waals surface area contributed by atoms with E-state index in [1.54, 1.807) is 24.5 Å². The van der Waals surface area contributed by atoms with Gasteiger partial charge in [0.05, 0.1) is 11.1 Å². The molecule has 114 valence electrons. The lowest BCUT2D eigenvalue weighted by Gasteiger charge is -2.05.